The number of allylic oxidation sites excluding steroid dienone is 1. The fourth-order valence-corrected chi connectivity index (χ4v) is 3.32. The molecule has 0 spiro atoms. The number of ether oxygens (including phenoxy) is 4. The smallest absolute Gasteiger partial charge is 0.314 e. The average molecular weight is 497 g/mol. The number of benzene rings is 2. The summed E-state index contributed by atoms with van der Waals surface area (Å²) in [6, 6.07) is 10.7. The van der Waals surface area contributed by atoms with Crippen LogP contribution in [0.3, 0.4) is 0 Å². The Bertz CT molecular complexity index is 1040. The van der Waals surface area contributed by atoms with Crippen LogP contribution in [0.5, 0.6) is 17.2 Å². The van der Waals surface area contributed by atoms with Gasteiger partial charge in [-0.15, -0.1) is 0 Å². The number of ketones is 1. The zero-order valence-electron chi connectivity index (χ0n) is 22.8. The predicted molar refractivity (Wildman–Crippen MR) is 143 cm³/mol. The standard InChI is InChI=1S/C30H40O6/c1-9-10-23-13-18-27(35-20(2)3)25(28(23)36-21(4)5)16-17-26(31)22-11-14-24(15-12-22)33-19-34-29(32)30(6,7)8/h11-18,20-21H,9-10,19H2,1-8H3/b17-16+. The lowest BCUT2D eigenvalue weighted by molar-refractivity contribution is -0.159. The zero-order valence-corrected chi connectivity index (χ0v) is 22.8. The zero-order chi connectivity index (χ0) is 26.9. The minimum absolute atomic E-state index is 0.0204. The minimum atomic E-state index is -0.595. The Morgan fingerprint density at radius 3 is 2.11 bits per heavy atom. The third-order valence-corrected chi connectivity index (χ3v) is 5.04. The third-order valence-electron chi connectivity index (χ3n) is 5.04. The van der Waals surface area contributed by atoms with Crippen molar-refractivity contribution in [1.29, 1.82) is 0 Å². The van der Waals surface area contributed by atoms with Gasteiger partial charge in [-0.05, 0) is 103 Å². The van der Waals surface area contributed by atoms with Crippen LogP contribution in [0.1, 0.15) is 83.3 Å². The molecule has 6 nitrogen and oxygen atoms in total. The summed E-state index contributed by atoms with van der Waals surface area (Å²) in [6.07, 6.45) is 5.11. The second-order valence-corrected chi connectivity index (χ2v) is 10.2. The van der Waals surface area contributed by atoms with Gasteiger partial charge in [0.1, 0.15) is 17.2 Å². The third kappa shape index (κ3) is 8.74. The molecule has 0 aromatic heterocycles. The van der Waals surface area contributed by atoms with Crippen LogP contribution in [0.2, 0.25) is 0 Å². The second kappa shape index (κ2) is 13.1. The lowest BCUT2D eigenvalue weighted by Crippen LogP contribution is -2.24. The molecule has 0 amide bonds. The van der Waals surface area contributed by atoms with Gasteiger partial charge in [-0.25, -0.2) is 0 Å². The van der Waals surface area contributed by atoms with Gasteiger partial charge in [-0.1, -0.05) is 19.4 Å². The van der Waals surface area contributed by atoms with Crippen LogP contribution in [0, 0.1) is 5.41 Å². The molecular formula is C30H40O6. The summed E-state index contributed by atoms with van der Waals surface area (Å²) in [6.45, 7) is 15.2. The van der Waals surface area contributed by atoms with Crippen molar-refractivity contribution in [3.05, 3.63) is 59.2 Å². The molecule has 2 rings (SSSR count). The molecule has 6 heteroatoms. The number of carbonyl (C=O) groups is 2. The fraction of sp³-hybridized carbons (Fsp3) is 0.467. The summed E-state index contributed by atoms with van der Waals surface area (Å²) >= 11 is 0. The maximum absolute atomic E-state index is 12.9. The van der Waals surface area contributed by atoms with E-state index < -0.39 is 5.41 Å². The normalized spacial score (nSPS) is 11.7. The number of aryl methyl sites for hydroxylation is 1. The quantitative estimate of drug-likeness (QED) is 0.136. The van der Waals surface area contributed by atoms with Crippen molar-refractivity contribution in [3.8, 4) is 17.2 Å². The molecule has 0 radical (unpaired) electrons. The number of hydrogen-bond donors (Lipinski definition) is 0. The van der Waals surface area contributed by atoms with E-state index in [2.05, 4.69) is 6.92 Å². The summed E-state index contributed by atoms with van der Waals surface area (Å²) in [5, 5.41) is 0. The van der Waals surface area contributed by atoms with Gasteiger partial charge < -0.3 is 18.9 Å². The molecule has 0 aliphatic carbocycles. The molecule has 0 bridgehead atoms. The van der Waals surface area contributed by atoms with E-state index >= 15 is 0 Å². The van der Waals surface area contributed by atoms with Crippen LogP contribution in [-0.4, -0.2) is 30.8 Å². The number of esters is 1. The first-order chi connectivity index (χ1) is 16.9. The Labute approximate surface area is 215 Å². The van der Waals surface area contributed by atoms with Gasteiger partial charge in [0, 0.05) is 5.56 Å². The van der Waals surface area contributed by atoms with E-state index in [9.17, 15) is 9.59 Å². The summed E-state index contributed by atoms with van der Waals surface area (Å²) in [5.41, 5.74) is 1.76. The summed E-state index contributed by atoms with van der Waals surface area (Å²) in [7, 11) is 0. The van der Waals surface area contributed by atoms with E-state index in [0.29, 0.717) is 17.1 Å². The highest BCUT2D eigenvalue weighted by Crippen LogP contribution is 2.36. The Morgan fingerprint density at radius 1 is 0.917 bits per heavy atom. The highest BCUT2D eigenvalue weighted by atomic mass is 16.7. The minimum Gasteiger partial charge on any atom is -0.490 e. The molecule has 0 aliphatic rings. The van der Waals surface area contributed by atoms with Crippen molar-refractivity contribution >= 4 is 17.8 Å². The molecule has 0 heterocycles. The maximum atomic E-state index is 12.9. The molecule has 0 N–H and O–H groups in total. The van der Waals surface area contributed by atoms with Crippen LogP contribution in [0.15, 0.2) is 42.5 Å². The molecule has 2 aromatic carbocycles. The number of carbonyl (C=O) groups excluding carboxylic acids is 2. The second-order valence-electron chi connectivity index (χ2n) is 10.2. The lowest BCUT2D eigenvalue weighted by Gasteiger charge is -2.21. The predicted octanol–water partition coefficient (Wildman–Crippen LogP) is 7.04. The Hall–Kier alpha value is -3.28. The Kier molecular flexibility index (Phi) is 10.6. The highest BCUT2D eigenvalue weighted by molar-refractivity contribution is 6.07. The van der Waals surface area contributed by atoms with E-state index in [-0.39, 0.29) is 30.8 Å². The van der Waals surface area contributed by atoms with Gasteiger partial charge in [0.25, 0.3) is 0 Å². The lowest BCUT2D eigenvalue weighted by atomic mass is 9.98. The van der Waals surface area contributed by atoms with Crippen molar-refractivity contribution in [2.45, 2.75) is 80.4 Å². The van der Waals surface area contributed by atoms with Crippen molar-refractivity contribution in [1.82, 2.24) is 0 Å². The number of hydrogen-bond acceptors (Lipinski definition) is 6. The van der Waals surface area contributed by atoms with Gasteiger partial charge in [0.15, 0.2) is 5.78 Å². The van der Waals surface area contributed by atoms with Crippen LogP contribution >= 0.6 is 0 Å². The van der Waals surface area contributed by atoms with E-state index in [1.807, 2.05) is 39.8 Å². The van der Waals surface area contributed by atoms with E-state index in [4.69, 9.17) is 18.9 Å². The van der Waals surface area contributed by atoms with Crippen LogP contribution in [-0.2, 0) is 16.0 Å². The fourth-order valence-electron chi connectivity index (χ4n) is 3.32. The van der Waals surface area contributed by atoms with Crippen molar-refractivity contribution in [2.24, 2.45) is 5.41 Å². The van der Waals surface area contributed by atoms with Crippen molar-refractivity contribution < 1.29 is 28.5 Å². The molecule has 0 atom stereocenters. The first-order valence-corrected chi connectivity index (χ1v) is 12.5. The Morgan fingerprint density at radius 2 is 1.56 bits per heavy atom. The van der Waals surface area contributed by atoms with E-state index in [0.717, 1.165) is 29.7 Å². The van der Waals surface area contributed by atoms with Crippen LogP contribution < -0.4 is 14.2 Å². The molecule has 0 fully saturated rings. The SMILES string of the molecule is CCCc1ccc(OC(C)C)c(/C=C/C(=O)c2ccc(OCOC(=O)C(C)(C)C)cc2)c1OC(C)C. The topological polar surface area (TPSA) is 71.1 Å². The monoisotopic (exact) mass is 496 g/mol. The molecule has 0 saturated heterocycles. The summed E-state index contributed by atoms with van der Waals surface area (Å²) in [4.78, 5) is 24.8. The summed E-state index contributed by atoms with van der Waals surface area (Å²) in [5.74, 6) is 1.43. The van der Waals surface area contributed by atoms with E-state index in [1.165, 1.54) is 6.08 Å². The molecule has 0 unspecified atom stereocenters. The molecule has 36 heavy (non-hydrogen) atoms. The van der Waals surface area contributed by atoms with Gasteiger partial charge in [-0.3, -0.25) is 9.59 Å². The van der Waals surface area contributed by atoms with Crippen molar-refractivity contribution in [3.63, 3.8) is 0 Å². The maximum Gasteiger partial charge on any atom is 0.314 e. The molecule has 196 valence electrons. The van der Waals surface area contributed by atoms with Gasteiger partial charge in [-0.2, -0.15) is 0 Å². The largest absolute Gasteiger partial charge is 0.490 e. The van der Waals surface area contributed by atoms with Gasteiger partial charge in [0.05, 0.1) is 23.2 Å². The summed E-state index contributed by atoms with van der Waals surface area (Å²) < 4.78 is 22.8. The molecule has 0 aliphatic heterocycles. The number of rotatable bonds is 12. The van der Waals surface area contributed by atoms with Crippen LogP contribution in [0.4, 0.5) is 0 Å². The molecule has 2 aromatic rings. The first-order valence-electron chi connectivity index (χ1n) is 12.5. The highest BCUT2D eigenvalue weighted by Gasteiger charge is 2.23. The average Bonchev–Trinajstić information content (AvgIpc) is 2.79. The molecule has 0 saturated carbocycles. The Balaban J connectivity index is 2.22. The van der Waals surface area contributed by atoms with Crippen LogP contribution in [0.25, 0.3) is 6.08 Å². The first kappa shape index (κ1) is 29.0. The molecular weight excluding hydrogens is 456 g/mol. The van der Waals surface area contributed by atoms with E-state index in [1.54, 1.807) is 51.1 Å². The van der Waals surface area contributed by atoms with Gasteiger partial charge >= 0.3 is 5.97 Å². The van der Waals surface area contributed by atoms with Crippen molar-refractivity contribution in [2.75, 3.05) is 6.79 Å². The van der Waals surface area contributed by atoms with Gasteiger partial charge in [0.2, 0.25) is 6.79 Å².